The van der Waals surface area contributed by atoms with Crippen LogP contribution in [0, 0.1) is 10.1 Å². The molecule has 1 amide bonds. The molecule has 0 aromatic carbocycles. The number of imidazole rings is 1. The maximum absolute atomic E-state index is 14.1. The lowest BCUT2D eigenvalue weighted by Gasteiger charge is -2.21. The van der Waals surface area contributed by atoms with E-state index in [0.29, 0.717) is 4.57 Å². The normalized spacial score (nSPS) is 22.7. The third-order valence-electron chi connectivity index (χ3n) is 4.35. The number of nitro groups is 1. The van der Waals surface area contributed by atoms with Crippen LogP contribution in [-0.2, 0) is 16.1 Å². The summed E-state index contributed by atoms with van der Waals surface area (Å²) in [7, 11) is 0. The number of aliphatic hydroxyl groups is 2. The summed E-state index contributed by atoms with van der Waals surface area (Å²) in [5.74, 6) is -5.17. The van der Waals surface area contributed by atoms with Crippen LogP contribution in [0.2, 0.25) is 0 Å². The number of aliphatic hydroxyl groups excluding tert-OH is 2. The summed E-state index contributed by atoms with van der Waals surface area (Å²) in [5, 5.41) is 31.6. The van der Waals surface area contributed by atoms with Crippen molar-refractivity contribution in [3.05, 3.63) is 45.3 Å². The van der Waals surface area contributed by atoms with E-state index in [1.165, 1.54) is 12.4 Å². The summed E-state index contributed by atoms with van der Waals surface area (Å²) < 4.78 is 34.7. The molecule has 3 N–H and O–H groups in total. The zero-order chi connectivity index (χ0) is 22.1. The Hall–Kier alpha value is -3.30. The molecule has 0 unspecified atom stereocenters. The number of nitrogens with one attached hydrogen (secondary N) is 1. The van der Waals surface area contributed by atoms with Crippen LogP contribution in [0.5, 0.6) is 0 Å². The quantitative estimate of drug-likeness (QED) is 0.377. The van der Waals surface area contributed by atoms with E-state index in [0.717, 1.165) is 16.8 Å². The van der Waals surface area contributed by atoms with Crippen LogP contribution in [0.3, 0.4) is 0 Å². The van der Waals surface area contributed by atoms with Gasteiger partial charge >= 0.3 is 17.6 Å². The second-order valence-electron chi connectivity index (χ2n) is 6.31. The summed E-state index contributed by atoms with van der Waals surface area (Å²) in [6, 6.07) is 1.07. The van der Waals surface area contributed by atoms with Crippen LogP contribution in [0.4, 0.5) is 20.5 Å². The lowest BCUT2D eigenvalue weighted by molar-refractivity contribution is -0.396. The average Bonchev–Trinajstić information content (AvgIpc) is 3.24. The molecule has 3 rings (SSSR count). The lowest BCUT2D eigenvalue weighted by atomic mass is 10.1. The monoisotopic (exact) mass is 430 g/mol. The van der Waals surface area contributed by atoms with Crippen LogP contribution >= 0.6 is 0 Å². The molecular weight excluding hydrogens is 414 g/mol. The van der Waals surface area contributed by atoms with Crippen molar-refractivity contribution in [2.24, 2.45) is 0 Å². The van der Waals surface area contributed by atoms with Crippen LogP contribution in [0.25, 0.3) is 0 Å². The predicted octanol–water partition coefficient (Wildman–Crippen LogP) is -0.737. The first-order valence-electron chi connectivity index (χ1n) is 8.52. The molecule has 0 spiro atoms. The van der Waals surface area contributed by atoms with E-state index in [-0.39, 0.29) is 18.8 Å². The molecule has 0 radical (unpaired) electrons. The van der Waals surface area contributed by atoms with Gasteiger partial charge in [-0.05, 0) is 11.0 Å². The van der Waals surface area contributed by atoms with Crippen molar-refractivity contribution in [2.45, 2.75) is 37.3 Å². The highest BCUT2D eigenvalue weighted by Gasteiger charge is 2.59. The first kappa shape index (κ1) is 21.4. The number of nitrogens with zero attached hydrogens (tertiary/aromatic N) is 5. The van der Waals surface area contributed by atoms with Crippen molar-refractivity contribution in [1.82, 2.24) is 19.1 Å². The number of hydrogen-bond donors (Lipinski definition) is 3. The Morgan fingerprint density at radius 2 is 2.17 bits per heavy atom. The van der Waals surface area contributed by atoms with Crippen molar-refractivity contribution in [3.63, 3.8) is 0 Å². The van der Waals surface area contributed by atoms with Gasteiger partial charge in [0.05, 0.1) is 19.6 Å². The Kier molecular flexibility index (Phi) is 5.86. The molecule has 2 aromatic heterocycles. The number of carbonyl (C=O) groups is 1. The first-order valence-corrected chi connectivity index (χ1v) is 8.52. The van der Waals surface area contributed by atoms with E-state index < -0.39 is 53.4 Å². The molecular formula is C15H16F2N6O7. The van der Waals surface area contributed by atoms with Crippen molar-refractivity contribution >= 4 is 17.7 Å². The second kappa shape index (κ2) is 8.21. The van der Waals surface area contributed by atoms with Gasteiger partial charge in [-0.15, -0.1) is 0 Å². The molecule has 0 saturated carbocycles. The number of rotatable bonds is 7. The van der Waals surface area contributed by atoms with E-state index in [4.69, 9.17) is 9.84 Å². The number of aryl methyl sites for hydroxylation is 1. The SMILES string of the molecule is O=C(CCn1ccnc1[N+](=O)[O-])Nc1ccn([C@@H]2O[C@H](CO)[C@@H](O)C2(F)F)c(=O)n1. The fraction of sp³-hybridized carbons (Fsp3) is 0.467. The zero-order valence-electron chi connectivity index (χ0n) is 15.1. The third kappa shape index (κ3) is 4.03. The van der Waals surface area contributed by atoms with Crippen molar-refractivity contribution < 1.29 is 33.4 Å². The summed E-state index contributed by atoms with van der Waals surface area (Å²) in [5.41, 5.74) is -1.19. The molecule has 3 heterocycles. The number of halogens is 2. The average molecular weight is 430 g/mol. The molecule has 162 valence electrons. The van der Waals surface area contributed by atoms with Crippen LogP contribution in [-0.4, -0.2) is 64.9 Å². The Morgan fingerprint density at radius 3 is 2.77 bits per heavy atom. The summed E-state index contributed by atoms with van der Waals surface area (Å²) in [6.45, 7) is -0.944. The standard InChI is InChI=1S/C15H16F2N6O7/c16-15(17)11(26)8(7-24)30-12(15)22-5-1-9(20-14(22)27)19-10(25)2-4-21-6-3-18-13(21)23(28)29/h1,3,5-6,8,11-12,24,26H,2,4,7H2,(H,19,20,25,27)/t8-,11-,12-/m1/s1. The molecule has 15 heteroatoms. The first-order chi connectivity index (χ1) is 14.1. The third-order valence-corrected chi connectivity index (χ3v) is 4.35. The van der Waals surface area contributed by atoms with Gasteiger partial charge < -0.3 is 30.4 Å². The topological polar surface area (TPSA) is 175 Å². The highest BCUT2D eigenvalue weighted by molar-refractivity contribution is 5.89. The fourth-order valence-electron chi connectivity index (χ4n) is 2.85. The highest BCUT2D eigenvalue weighted by atomic mass is 19.3. The van der Waals surface area contributed by atoms with Crippen molar-refractivity contribution in [2.75, 3.05) is 11.9 Å². The van der Waals surface area contributed by atoms with Gasteiger partial charge in [0.25, 0.3) is 0 Å². The molecule has 2 aromatic rings. The van der Waals surface area contributed by atoms with E-state index in [1.807, 2.05) is 0 Å². The van der Waals surface area contributed by atoms with Gasteiger partial charge in [-0.3, -0.25) is 9.36 Å². The molecule has 3 atom stereocenters. The largest absolute Gasteiger partial charge is 0.434 e. The molecule has 1 aliphatic rings. The molecule has 1 saturated heterocycles. The number of carbonyl (C=O) groups excluding carboxylic acids is 1. The van der Waals surface area contributed by atoms with Crippen LogP contribution in [0.15, 0.2) is 29.5 Å². The van der Waals surface area contributed by atoms with E-state index >= 15 is 0 Å². The minimum atomic E-state index is -3.86. The van der Waals surface area contributed by atoms with E-state index in [2.05, 4.69) is 15.3 Å². The Bertz CT molecular complexity index is 1010. The Labute approximate surface area is 165 Å². The maximum atomic E-state index is 14.1. The molecule has 1 fully saturated rings. The van der Waals surface area contributed by atoms with Gasteiger partial charge in [0.15, 0.2) is 6.10 Å². The number of aromatic nitrogens is 4. The number of alkyl halides is 2. The van der Waals surface area contributed by atoms with Gasteiger partial charge in [-0.25, -0.2) is 9.36 Å². The second-order valence-corrected chi connectivity index (χ2v) is 6.31. The van der Waals surface area contributed by atoms with Crippen LogP contribution < -0.4 is 11.0 Å². The minimum Gasteiger partial charge on any atom is -0.394 e. The van der Waals surface area contributed by atoms with Gasteiger partial charge in [-0.2, -0.15) is 13.8 Å². The molecule has 0 bridgehead atoms. The fourth-order valence-corrected chi connectivity index (χ4v) is 2.85. The number of amides is 1. The lowest BCUT2D eigenvalue weighted by Crippen LogP contribution is -2.41. The van der Waals surface area contributed by atoms with E-state index in [9.17, 15) is 33.6 Å². The predicted molar refractivity (Wildman–Crippen MR) is 92.6 cm³/mol. The Morgan fingerprint density at radius 1 is 1.43 bits per heavy atom. The van der Waals surface area contributed by atoms with Gasteiger partial charge in [0.1, 0.15) is 24.3 Å². The maximum Gasteiger partial charge on any atom is 0.434 e. The Balaban J connectivity index is 1.67. The van der Waals surface area contributed by atoms with Crippen LogP contribution in [0.1, 0.15) is 12.6 Å². The van der Waals surface area contributed by atoms with Gasteiger partial charge in [0, 0.05) is 6.20 Å². The van der Waals surface area contributed by atoms with E-state index in [1.54, 1.807) is 0 Å². The molecule has 0 aliphatic carbocycles. The highest BCUT2D eigenvalue weighted by Crippen LogP contribution is 2.41. The van der Waals surface area contributed by atoms with Crippen molar-refractivity contribution in [3.8, 4) is 0 Å². The minimum absolute atomic E-state index is 0.0677. The molecule has 1 aliphatic heterocycles. The number of anilines is 1. The summed E-state index contributed by atoms with van der Waals surface area (Å²) >= 11 is 0. The number of ether oxygens (including phenoxy) is 1. The molecule has 30 heavy (non-hydrogen) atoms. The van der Waals surface area contributed by atoms with Crippen molar-refractivity contribution in [1.29, 1.82) is 0 Å². The summed E-state index contributed by atoms with van der Waals surface area (Å²) in [4.78, 5) is 41.2. The molecule has 13 nitrogen and oxygen atoms in total. The number of hydrogen-bond acceptors (Lipinski definition) is 9. The van der Waals surface area contributed by atoms with Gasteiger partial charge in [0.2, 0.25) is 12.1 Å². The zero-order valence-corrected chi connectivity index (χ0v) is 15.1. The smallest absolute Gasteiger partial charge is 0.394 e. The summed E-state index contributed by atoms with van der Waals surface area (Å²) in [6.07, 6.45) is -2.87. The van der Waals surface area contributed by atoms with Gasteiger partial charge in [-0.1, -0.05) is 4.98 Å².